The lowest BCUT2D eigenvalue weighted by Crippen LogP contribution is -2.35. The minimum atomic E-state index is 0. The highest BCUT2D eigenvalue weighted by molar-refractivity contribution is 5.85. The molecule has 4 heteroatoms. The third-order valence-electron chi connectivity index (χ3n) is 3.48. The molecule has 1 aromatic carbocycles. The molecule has 1 N–H and O–H groups in total. The molecule has 0 spiro atoms. The summed E-state index contributed by atoms with van der Waals surface area (Å²) in [5.74, 6) is 0.253. The average molecular weight is 283 g/mol. The quantitative estimate of drug-likeness (QED) is 0.920. The van der Waals surface area contributed by atoms with E-state index in [1.165, 1.54) is 5.56 Å². The zero-order valence-electron chi connectivity index (χ0n) is 11.5. The molecule has 0 atom stereocenters. The van der Waals surface area contributed by atoms with Gasteiger partial charge in [0.1, 0.15) is 0 Å². The Labute approximate surface area is 121 Å². The van der Waals surface area contributed by atoms with E-state index in [9.17, 15) is 4.79 Å². The van der Waals surface area contributed by atoms with Crippen molar-refractivity contribution in [3.8, 4) is 0 Å². The van der Waals surface area contributed by atoms with Crippen LogP contribution in [0.2, 0.25) is 0 Å². The summed E-state index contributed by atoms with van der Waals surface area (Å²) in [4.78, 5) is 14.2. The molecule has 3 nitrogen and oxygen atoms in total. The van der Waals surface area contributed by atoms with Gasteiger partial charge < -0.3 is 10.2 Å². The molecular formula is C15H23ClN2O. The van der Waals surface area contributed by atoms with Crippen LogP contribution < -0.4 is 5.32 Å². The summed E-state index contributed by atoms with van der Waals surface area (Å²) < 4.78 is 0. The van der Waals surface area contributed by atoms with Gasteiger partial charge in [-0.2, -0.15) is 0 Å². The fraction of sp³-hybridized carbons (Fsp3) is 0.533. The Balaban J connectivity index is 0.00000180. The Morgan fingerprint density at radius 3 is 2.53 bits per heavy atom. The van der Waals surface area contributed by atoms with Gasteiger partial charge in [-0.1, -0.05) is 31.2 Å². The van der Waals surface area contributed by atoms with Crippen LogP contribution in [0.4, 0.5) is 0 Å². The zero-order chi connectivity index (χ0) is 12.8. The summed E-state index contributed by atoms with van der Waals surface area (Å²) in [7, 11) is 0. The Morgan fingerprint density at radius 2 is 1.84 bits per heavy atom. The highest BCUT2D eigenvalue weighted by Gasteiger charge is 2.15. The second-order valence-electron chi connectivity index (χ2n) is 4.83. The van der Waals surface area contributed by atoms with Crippen molar-refractivity contribution in [1.82, 2.24) is 10.2 Å². The lowest BCUT2D eigenvalue weighted by atomic mass is 10.1. The van der Waals surface area contributed by atoms with Crippen LogP contribution in [0.5, 0.6) is 0 Å². The molecule has 0 saturated carbocycles. The van der Waals surface area contributed by atoms with Gasteiger partial charge in [0.25, 0.3) is 0 Å². The number of hydrogen-bond acceptors (Lipinski definition) is 2. The molecule has 1 heterocycles. The monoisotopic (exact) mass is 282 g/mol. The van der Waals surface area contributed by atoms with Crippen molar-refractivity contribution < 1.29 is 4.79 Å². The van der Waals surface area contributed by atoms with Gasteiger partial charge in [0.2, 0.25) is 5.91 Å². The Hall–Kier alpha value is -1.06. The number of nitrogens with zero attached hydrogens (tertiary/aromatic N) is 1. The highest BCUT2D eigenvalue weighted by atomic mass is 35.5. The first-order chi connectivity index (χ1) is 8.79. The highest BCUT2D eigenvalue weighted by Crippen LogP contribution is 2.08. The second-order valence-corrected chi connectivity index (χ2v) is 4.83. The molecule has 0 bridgehead atoms. The van der Waals surface area contributed by atoms with Gasteiger partial charge in [-0.15, -0.1) is 12.4 Å². The van der Waals surface area contributed by atoms with Crippen molar-refractivity contribution in [3.05, 3.63) is 35.4 Å². The van der Waals surface area contributed by atoms with Crippen LogP contribution in [0.25, 0.3) is 0 Å². The first kappa shape index (κ1) is 16.0. The van der Waals surface area contributed by atoms with E-state index in [2.05, 4.69) is 36.5 Å². The van der Waals surface area contributed by atoms with Crippen LogP contribution in [0.15, 0.2) is 24.3 Å². The predicted molar refractivity (Wildman–Crippen MR) is 80.8 cm³/mol. The Morgan fingerprint density at radius 1 is 1.16 bits per heavy atom. The summed E-state index contributed by atoms with van der Waals surface area (Å²) >= 11 is 0. The van der Waals surface area contributed by atoms with Gasteiger partial charge in [0.05, 0.1) is 6.42 Å². The van der Waals surface area contributed by atoms with E-state index in [0.29, 0.717) is 6.42 Å². The fourth-order valence-electron chi connectivity index (χ4n) is 2.27. The normalized spacial score (nSPS) is 15.5. The largest absolute Gasteiger partial charge is 0.341 e. The maximum Gasteiger partial charge on any atom is 0.227 e. The van der Waals surface area contributed by atoms with E-state index in [4.69, 9.17) is 0 Å². The first-order valence-corrected chi connectivity index (χ1v) is 6.86. The second kappa shape index (κ2) is 8.18. The van der Waals surface area contributed by atoms with Gasteiger partial charge >= 0.3 is 0 Å². The Kier molecular flexibility index (Phi) is 6.89. The maximum atomic E-state index is 12.2. The van der Waals surface area contributed by atoms with Crippen molar-refractivity contribution >= 4 is 18.3 Å². The average Bonchev–Trinajstić information content (AvgIpc) is 2.68. The smallest absolute Gasteiger partial charge is 0.227 e. The number of nitrogens with one attached hydrogen (secondary N) is 1. The zero-order valence-corrected chi connectivity index (χ0v) is 12.3. The fourth-order valence-corrected chi connectivity index (χ4v) is 2.27. The number of rotatable bonds is 3. The van der Waals surface area contributed by atoms with E-state index >= 15 is 0 Å². The molecule has 1 aliphatic rings. The van der Waals surface area contributed by atoms with E-state index in [0.717, 1.165) is 44.6 Å². The molecule has 0 aliphatic carbocycles. The number of aryl methyl sites for hydroxylation is 1. The number of hydrogen-bond donors (Lipinski definition) is 1. The summed E-state index contributed by atoms with van der Waals surface area (Å²) in [6.45, 7) is 5.81. The van der Waals surface area contributed by atoms with Crippen LogP contribution in [-0.4, -0.2) is 37.0 Å². The number of amides is 1. The maximum absolute atomic E-state index is 12.2. The van der Waals surface area contributed by atoms with Crippen molar-refractivity contribution in [2.75, 3.05) is 26.2 Å². The van der Waals surface area contributed by atoms with Crippen LogP contribution in [0.3, 0.4) is 0 Å². The summed E-state index contributed by atoms with van der Waals surface area (Å²) in [6.07, 6.45) is 2.64. The number of carbonyl (C=O) groups is 1. The van der Waals surface area contributed by atoms with E-state index in [-0.39, 0.29) is 18.3 Å². The molecule has 1 aliphatic heterocycles. The molecule has 0 unspecified atom stereocenters. The number of benzene rings is 1. The molecule has 1 amide bonds. The first-order valence-electron chi connectivity index (χ1n) is 6.86. The van der Waals surface area contributed by atoms with Gasteiger partial charge in [-0.05, 0) is 30.5 Å². The van der Waals surface area contributed by atoms with Gasteiger partial charge in [0.15, 0.2) is 0 Å². The van der Waals surface area contributed by atoms with Crippen molar-refractivity contribution in [2.45, 2.75) is 26.2 Å². The molecule has 106 valence electrons. The summed E-state index contributed by atoms with van der Waals surface area (Å²) in [6, 6.07) is 8.39. The molecule has 0 aromatic heterocycles. The van der Waals surface area contributed by atoms with Crippen molar-refractivity contribution in [2.24, 2.45) is 0 Å². The van der Waals surface area contributed by atoms with Crippen LogP contribution in [0.1, 0.15) is 24.5 Å². The predicted octanol–water partition coefficient (Wildman–Crippen LogP) is 2.04. The molecule has 1 saturated heterocycles. The molecule has 19 heavy (non-hydrogen) atoms. The third kappa shape index (κ3) is 4.84. The minimum absolute atomic E-state index is 0. The summed E-state index contributed by atoms with van der Waals surface area (Å²) in [5, 5.41) is 3.32. The van der Waals surface area contributed by atoms with Crippen LogP contribution >= 0.6 is 12.4 Å². The van der Waals surface area contributed by atoms with Crippen molar-refractivity contribution in [3.63, 3.8) is 0 Å². The number of carbonyl (C=O) groups excluding carboxylic acids is 1. The summed E-state index contributed by atoms with van der Waals surface area (Å²) in [5.41, 5.74) is 2.44. The van der Waals surface area contributed by atoms with Gasteiger partial charge in [-0.25, -0.2) is 0 Å². The minimum Gasteiger partial charge on any atom is -0.341 e. The molecule has 0 radical (unpaired) electrons. The van der Waals surface area contributed by atoms with Crippen molar-refractivity contribution in [1.29, 1.82) is 0 Å². The Bertz CT molecular complexity index is 384. The topological polar surface area (TPSA) is 32.3 Å². The van der Waals surface area contributed by atoms with Gasteiger partial charge in [0, 0.05) is 19.6 Å². The molecular weight excluding hydrogens is 260 g/mol. The standard InChI is InChI=1S/C15H22N2O.ClH/c1-2-13-4-6-14(7-5-13)12-15(18)17-10-3-8-16-9-11-17;/h4-7,16H,2-3,8-12H2,1H3;1H. The SMILES string of the molecule is CCc1ccc(CC(=O)N2CCCNCC2)cc1.Cl. The van der Waals surface area contributed by atoms with E-state index in [1.807, 2.05) is 4.90 Å². The molecule has 1 aromatic rings. The third-order valence-corrected chi connectivity index (χ3v) is 3.48. The van der Waals surface area contributed by atoms with Crippen LogP contribution in [0, 0.1) is 0 Å². The molecule has 1 fully saturated rings. The van der Waals surface area contributed by atoms with E-state index < -0.39 is 0 Å². The lowest BCUT2D eigenvalue weighted by molar-refractivity contribution is -0.130. The van der Waals surface area contributed by atoms with Crippen LogP contribution in [-0.2, 0) is 17.6 Å². The lowest BCUT2D eigenvalue weighted by Gasteiger charge is -2.20. The molecule has 2 rings (SSSR count). The number of halogens is 1. The van der Waals surface area contributed by atoms with Gasteiger partial charge in [-0.3, -0.25) is 4.79 Å². The van der Waals surface area contributed by atoms with E-state index in [1.54, 1.807) is 0 Å².